The topological polar surface area (TPSA) is 63.4 Å². The molecule has 0 saturated carbocycles. The average molecular weight is 386 g/mol. The number of carbonyl (C=O) groups excluding carboxylic acids is 1. The first-order chi connectivity index (χ1) is 11.6. The summed E-state index contributed by atoms with van der Waals surface area (Å²) in [6.45, 7) is 3.34. The van der Waals surface area contributed by atoms with Crippen molar-refractivity contribution in [1.29, 1.82) is 0 Å². The zero-order valence-corrected chi connectivity index (χ0v) is 14.8. The quantitative estimate of drug-likeness (QED) is 0.645. The lowest BCUT2D eigenvalue weighted by molar-refractivity contribution is 0.0756. The van der Waals surface area contributed by atoms with Crippen LogP contribution in [0.3, 0.4) is 0 Å². The van der Waals surface area contributed by atoms with Crippen LogP contribution in [0, 0.1) is 6.92 Å². The third kappa shape index (κ3) is 2.80. The second-order valence-corrected chi connectivity index (χ2v) is 6.87. The van der Waals surface area contributed by atoms with Crippen LogP contribution in [0.15, 0.2) is 35.1 Å². The van der Waals surface area contributed by atoms with E-state index in [0.717, 1.165) is 28.7 Å². The van der Waals surface area contributed by atoms with E-state index in [1.165, 1.54) is 5.56 Å². The van der Waals surface area contributed by atoms with Crippen molar-refractivity contribution in [3.05, 3.63) is 57.7 Å². The Kier molecular flexibility index (Phi) is 3.80. The molecule has 7 heteroatoms. The van der Waals surface area contributed by atoms with Gasteiger partial charge in [-0.2, -0.15) is 5.10 Å². The molecule has 3 aromatic heterocycles. The molecule has 6 nitrogen and oxygen atoms in total. The first kappa shape index (κ1) is 15.3. The number of rotatable bonds is 1. The van der Waals surface area contributed by atoms with Crippen LogP contribution in [0.2, 0.25) is 0 Å². The Balaban J connectivity index is 1.58. The molecule has 4 rings (SSSR count). The standard InChI is InChI=1S/C17H16BrN5O/c1-11-2-3-12-4-6-22(7-5-14(12)20-11)17(24)15-8-16-19-9-13(18)10-23(16)21-15/h2-3,8-10H,4-7H2,1H3. The van der Waals surface area contributed by atoms with E-state index in [9.17, 15) is 4.79 Å². The lowest BCUT2D eigenvalue weighted by atomic mass is 10.1. The summed E-state index contributed by atoms with van der Waals surface area (Å²) in [5.74, 6) is -0.0545. The minimum Gasteiger partial charge on any atom is -0.337 e. The van der Waals surface area contributed by atoms with Gasteiger partial charge in [-0.25, -0.2) is 9.50 Å². The fourth-order valence-corrected chi connectivity index (χ4v) is 3.31. The van der Waals surface area contributed by atoms with Crippen LogP contribution in [0.1, 0.15) is 27.4 Å². The maximum absolute atomic E-state index is 12.8. The van der Waals surface area contributed by atoms with Gasteiger partial charge in [-0.05, 0) is 40.9 Å². The number of aryl methyl sites for hydroxylation is 1. The number of hydrogen-bond donors (Lipinski definition) is 0. The summed E-state index contributed by atoms with van der Waals surface area (Å²) in [4.78, 5) is 23.5. The summed E-state index contributed by atoms with van der Waals surface area (Å²) < 4.78 is 2.44. The summed E-state index contributed by atoms with van der Waals surface area (Å²) in [6, 6.07) is 5.88. The first-order valence-corrected chi connectivity index (χ1v) is 8.65. The van der Waals surface area contributed by atoms with Gasteiger partial charge in [0.05, 0.1) is 4.47 Å². The number of fused-ring (bicyclic) bond motifs is 2. The Bertz CT molecular complexity index is 936. The molecule has 0 aromatic carbocycles. The van der Waals surface area contributed by atoms with Crippen molar-refractivity contribution in [3.8, 4) is 0 Å². The molecule has 4 heterocycles. The van der Waals surface area contributed by atoms with Crippen molar-refractivity contribution in [2.75, 3.05) is 13.1 Å². The number of amides is 1. The SMILES string of the molecule is Cc1ccc2c(n1)CCN(C(=O)c1cc3ncc(Br)cn3n1)CC2. The van der Waals surface area contributed by atoms with Crippen LogP contribution >= 0.6 is 15.9 Å². The zero-order valence-electron chi connectivity index (χ0n) is 13.2. The highest BCUT2D eigenvalue weighted by molar-refractivity contribution is 9.10. The molecule has 3 aromatic rings. The van der Waals surface area contributed by atoms with Crippen molar-refractivity contribution in [2.45, 2.75) is 19.8 Å². The smallest absolute Gasteiger partial charge is 0.274 e. The summed E-state index contributed by atoms with van der Waals surface area (Å²) >= 11 is 3.36. The number of aromatic nitrogens is 4. The van der Waals surface area contributed by atoms with Gasteiger partial charge in [0.1, 0.15) is 0 Å². The molecule has 0 aliphatic carbocycles. The molecule has 0 radical (unpaired) electrons. The third-order valence-electron chi connectivity index (χ3n) is 4.27. The number of nitrogens with zero attached hydrogens (tertiary/aromatic N) is 5. The third-order valence-corrected chi connectivity index (χ3v) is 4.67. The largest absolute Gasteiger partial charge is 0.337 e. The van der Waals surface area contributed by atoms with Crippen molar-refractivity contribution >= 4 is 27.5 Å². The Morgan fingerprint density at radius 3 is 2.96 bits per heavy atom. The highest BCUT2D eigenvalue weighted by Crippen LogP contribution is 2.17. The van der Waals surface area contributed by atoms with Gasteiger partial charge in [0, 0.05) is 49.4 Å². The Hall–Kier alpha value is -2.28. The molecule has 0 fully saturated rings. The predicted octanol–water partition coefficient (Wildman–Crippen LogP) is 2.44. The van der Waals surface area contributed by atoms with Crippen molar-refractivity contribution in [3.63, 3.8) is 0 Å². The van der Waals surface area contributed by atoms with Crippen molar-refractivity contribution < 1.29 is 4.79 Å². The molecule has 0 spiro atoms. The van der Waals surface area contributed by atoms with Gasteiger partial charge in [-0.15, -0.1) is 0 Å². The molecule has 0 N–H and O–H groups in total. The van der Waals surface area contributed by atoms with Crippen LogP contribution in [0.25, 0.3) is 5.65 Å². The number of hydrogen-bond acceptors (Lipinski definition) is 4. The maximum Gasteiger partial charge on any atom is 0.274 e. The van der Waals surface area contributed by atoms with E-state index >= 15 is 0 Å². The molecule has 0 atom stereocenters. The molecule has 1 amide bonds. The Morgan fingerprint density at radius 1 is 1.25 bits per heavy atom. The van der Waals surface area contributed by atoms with E-state index in [1.807, 2.05) is 17.9 Å². The lowest BCUT2D eigenvalue weighted by Crippen LogP contribution is -2.33. The van der Waals surface area contributed by atoms with Crippen molar-refractivity contribution in [1.82, 2.24) is 24.5 Å². The summed E-state index contributed by atoms with van der Waals surface area (Å²) in [6.07, 6.45) is 5.09. The van der Waals surface area contributed by atoms with Crippen LogP contribution < -0.4 is 0 Å². The van der Waals surface area contributed by atoms with Crippen molar-refractivity contribution in [2.24, 2.45) is 0 Å². The fourth-order valence-electron chi connectivity index (χ4n) is 3.02. The lowest BCUT2D eigenvalue weighted by Gasteiger charge is -2.18. The average Bonchev–Trinajstić information content (AvgIpc) is 2.87. The van der Waals surface area contributed by atoms with Gasteiger partial charge in [-0.3, -0.25) is 9.78 Å². The molecule has 1 aliphatic rings. The van der Waals surface area contributed by atoms with E-state index in [-0.39, 0.29) is 5.91 Å². The predicted molar refractivity (Wildman–Crippen MR) is 93.0 cm³/mol. The van der Waals surface area contributed by atoms with Crippen LogP contribution in [0.4, 0.5) is 0 Å². The molecular formula is C17H16BrN5O. The molecule has 122 valence electrons. The number of carbonyl (C=O) groups is 1. The van der Waals surface area contributed by atoms with Gasteiger partial charge in [-0.1, -0.05) is 6.07 Å². The van der Waals surface area contributed by atoms with Crippen LogP contribution in [-0.4, -0.2) is 43.5 Å². The van der Waals surface area contributed by atoms with E-state index in [0.29, 0.717) is 24.4 Å². The Morgan fingerprint density at radius 2 is 2.08 bits per heavy atom. The molecule has 0 unspecified atom stereocenters. The van der Waals surface area contributed by atoms with E-state index in [2.05, 4.69) is 37.1 Å². The van der Waals surface area contributed by atoms with Gasteiger partial charge < -0.3 is 4.90 Å². The van der Waals surface area contributed by atoms with E-state index < -0.39 is 0 Å². The first-order valence-electron chi connectivity index (χ1n) is 7.86. The highest BCUT2D eigenvalue weighted by Gasteiger charge is 2.22. The summed E-state index contributed by atoms with van der Waals surface area (Å²) in [5.41, 5.74) is 4.44. The second-order valence-electron chi connectivity index (χ2n) is 5.96. The molecular weight excluding hydrogens is 370 g/mol. The van der Waals surface area contributed by atoms with E-state index in [1.54, 1.807) is 23.0 Å². The maximum atomic E-state index is 12.8. The summed E-state index contributed by atoms with van der Waals surface area (Å²) in [5, 5.41) is 4.36. The molecule has 0 saturated heterocycles. The zero-order chi connectivity index (χ0) is 16.7. The van der Waals surface area contributed by atoms with Gasteiger partial charge in [0.2, 0.25) is 0 Å². The normalized spacial score (nSPS) is 14.5. The fraction of sp³-hybridized carbons (Fsp3) is 0.294. The number of pyridine rings is 1. The molecule has 0 bridgehead atoms. The minimum atomic E-state index is -0.0545. The van der Waals surface area contributed by atoms with Gasteiger partial charge in [0.25, 0.3) is 5.91 Å². The number of halogens is 1. The summed E-state index contributed by atoms with van der Waals surface area (Å²) in [7, 11) is 0. The second kappa shape index (κ2) is 5.98. The molecule has 1 aliphatic heterocycles. The Labute approximate surface area is 147 Å². The highest BCUT2D eigenvalue weighted by atomic mass is 79.9. The van der Waals surface area contributed by atoms with Crippen LogP contribution in [-0.2, 0) is 12.8 Å². The van der Waals surface area contributed by atoms with Gasteiger partial charge >= 0.3 is 0 Å². The van der Waals surface area contributed by atoms with E-state index in [4.69, 9.17) is 0 Å². The minimum absolute atomic E-state index is 0.0545. The monoisotopic (exact) mass is 385 g/mol. The molecule has 24 heavy (non-hydrogen) atoms. The van der Waals surface area contributed by atoms with Crippen LogP contribution in [0.5, 0.6) is 0 Å². The van der Waals surface area contributed by atoms with Gasteiger partial charge in [0.15, 0.2) is 11.3 Å².